The van der Waals surface area contributed by atoms with Crippen LogP contribution in [0.2, 0.25) is 0 Å². The number of hydrogen-bond acceptors (Lipinski definition) is 6. The van der Waals surface area contributed by atoms with E-state index in [-0.39, 0.29) is 18.5 Å². The molecule has 1 amide bonds. The number of ether oxygens (including phenoxy) is 2. The zero-order valence-corrected chi connectivity index (χ0v) is 15.9. The molecule has 0 atom stereocenters. The number of carbonyl (C=O) groups is 2. The highest BCUT2D eigenvalue weighted by molar-refractivity contribution is 7.09. The van der Waals surface area contributed by atoms with Gasteiger partial charge in [-0.1, -0.05) is 6.07 Å². The minimum atomic E-state index is 0.0609. The smallest absolute Gasteiger partial charge is 0.231 e. The van der Waals surface area contributed by atoms with Crippen LogP contribution < -0.4 is 9.47 Å². The van der Waals surface area contributed by atoms with Gasteiger partial charge in [0.15, 0.2) is 17.3 Å². The fourth-order valence-corrected chi connectivity index (χ4v) is 4.07. The van der Waals surface area contributed by atoms with Crippen LogP contribution in [0.5, 0.6) is 11.5 Å². The van der Waals surface area contributed by atoms with E-state index in [2.05, 4.69) is 11.0 Å². The fraction of sp³-hybridized carbons (Fsp3) is 0.400. The van der Waals surface area contributed by atoms with Gasteiger partial charge in [-0.2, -0.15) is 0 Å². The van der Waals surface area contributed by atoms with Gasteiger partial charge in [0.1, 0.15) is 0 Å². The van der Waals surface area contributed by atoms with Crippen LogP contribution in [0.1, 0.15) is 21.7 Å². The van der Waals surface area contributed by atoms with Crippen molar-refractivity contribution < 1.29 is 19.1 Å². The summed E-state index contributed by atoms with van der Waals surface area (Å²) >= 11 is 1.69. The van der Waals surface area contributed by atoms with E-state index < -0.39 is 0 Å². The molecule has 142 valence electrons. The number of carbonyl (C=O) groups excluding carboxylic acids is 2. The van der Waals surface area contributed by atoms with E-state index >= 15 is 0 Å². The minimum Gasteiger partial charge on any atom is -0.454 e. The van der Waals surface area contributed by atoms with Gasteiger partial charge in [0.2, 0.25) is 12.7 Å². The van der Waals surface area contributed by atoms with Crippen molar-refractivity contribution in [3.05, 3.63) is 46.2 Å². The Hall–Kier alpha value is -2.38. The van der Waals surface area contributed by atoms with Gasteiger partial charge < -0.3 is 14.4 Å². The number of Topliss-reactive ketones (excluding diaryl/α,β-unsaturated/α-hetero) is 1. The average molecular weight is 386 g/mol. The molecule has 27 heavy (non-hydrogen) atoms. The lowest BCUT2D eigenvalue weighted by atomic mass is 10.1. The van der Waals surface area contributed by atoms with Crippen LogP contribution in [0.15, 0.2) is 35.7 Å². The summed E-state index contributed by atoms with van der Waals surface area (Å²) in [5, 5.41) is 2.04. The van der Waals surface area contributed by atoms with E-state index in [4.69, 9.17) is 9.47 Å². The molecule has 0 spiro atoms. The summed E-state index contributed by atoms with van der Waals surface area (Å²) in [4.78, 5) is 30.2. The van der Waals surface area contributed by atoms with Crippen molar-refractivity contribution in [1.82, 2.24) is 9.80 Å². The molecule has 2 aliphatic rings. The van der Waals surface area contributed by atoms with Gasteiger partial charge in [-0.05, 0) is 36.1 Å². The van der Waals surface area contributed by atoms with Gasteiger partial charge in [0, 0.05) is 43.0 Å². The van der Waals surface area contributed by atoms with Crippen LogP contribution >= 0.6 is 11.3 Å². The number of piperazine rings is 1. The third kappa shape index (κ3) is 4.31. The summed E-state index contributed by atoms with van der Waals surface area (Å²) in [7, 11) is 0. The Morgan fingerprint density at radius 1 is 1.04 bits per heavy atom. The van der Waals surface area contributed by atoms with Gasteiger partial charge in [-0.15, -0.1) is 11.3 Å². The van der Waals surface area contributed by atoms with Gasteiger partial charge in [-0.25, -0.2) is 0 Å². The second-order valence-corrected chi connectivity index (χ2v) is 7.76. The summed E-state index contributed by atoms with van der Waals surface area (Å²) in [5.41, 5.74) is 0.633. The van der Waals surface area contributed by atoms with Crippen molar-refractivity contribution in [2.24, 2.45) is 0 Å². The summed E-state index contributed by atoms with van der Waals surface area (Å²) in [6, 6.07) is 9.38. The molecule has 4 rings (SSSR count). The first-order valence-electron chi connectivity index (χ1n) is 9.14. The molecule has 3 heterocycles. The van der Waals surface area contributed by atoms with Crippen molar-refractivity contribution in [3.63, 3.8) is 0 Å². The Labute approximate surface area is 162 Å². The minimum absolute atomic E-state index is 0.0609. The van der Waals surface area contributed by atoms with E-state index in [1.807, 2.05) is 16.3 Å². The van der Waals surface area contributed by atoms with Gasteiger partial charge in [0.25, 0.3) is 0 Å². The lowest BCUT2D eigenvalue weighted by Gasteiger charge is -2.34. The lowest BCUT2D eigenvalue weighted by molar-refractivity contribution is -0.132. The highest BCUT2D eigenvalue weighted by Gasteiger charge is 2.23. The number of amides is 1. The normalized spacial score (nSPS) is 16.5. The first-order valence-corrected chi connectivity index (χ1v) is 10.0. The molecule has 0 radical (unpaired) electrons. The van der Waals surface area contributed by atoms with E-state index in [0.717, 1.165) is 19.5 Å². The quantitative estimate of drug-likeness (QED) is 0.714. The van der Waals surface area contributed by atoms with Crippen LogP contribution in [0.25, 0.3) is 0 Å². The highest BCUT2D eigenvalue weighted by Crippen LogP contribution is 2.32. The molecule has 7 heteroatoms. The number of rotatable bonds is 6. The van der Waals surface area contributed by atoms with E-state index in [1.165, 1.54) is 4.88 Å². The molecule has 1 saturated heterocycles. The molecule has 0 saturated carbocycles. The fourth-order valence-electron chi connectivity index (χ4n) is 3.36. The maximum Gasteiger partial charge on any atom is 0.231 e. The average Bonchev–Trinajstić information content (AvgIpc) is 3.37. The number of fused-ring (bicyclic) bond motifs is 1. The van der Waals surface area contributed by atoms with Gasteiger partial charge >= 0.3 is 0 Å². The van der Waals surface area contributed by atoms with Crippen LogP contribution in [-0.4, -0.2) is 61.0 Å². The second-order valence-electron chi connectivity index (χ2n) is 6.73. The van der Waals surface area contributed by atoms with Crippen molar-refractivity contribution >= 4 is 23.0 Å². The predicted octanol–water partition coefficient (Wildman–Crippen LogP) is 2.44. The molecular formula is C20H22N2O4S. The summed E-state index contributed by atoms with van der Waals surface area (Å²) < 4.78 is 10.6. The van der Waals surface area contributed by atoms with Crippen LogP contribution in [0.3, 0.4) is 0 Å². The van der Waals surface area contributed by atoms with Crippen LogP contribution in [0, 0.1) is 0 Å². The predicted molar refractivity (Wildman–Crippen MR) is 103 cm³/mol. The van der Waals surface area contributed by atoms with Crippen molar-refractivity contribution in [2.75, 3.05) is 39.5 Å². The van der Waals surface area contributed by atoms with E-state index in [9.17, 15) is 9.59 Å². The Bertz CT molecular complexity index is 813. The number of hydrogen-bond donors (Lipinski definition) is 0. The largest absolute Gasteiger partial charge is 0.454 e. The van der Waals surface area contributed by atoms with E-state index in [0.29, 0.717) is 43.1 Å². The summed E-state index contributed by atoms with van der Waals surface area (Å²) in [6.45, 7) is 3.36. The second kappa shape index (κ2) is 8.10. The number of thiophene rings is 1. The van der Waals surface area contributed by atoms with Crippen molar-refractivity contribution in [1.29, 1.82) is 0 Å². The molecule has 6 nitrogen and oxygen atoms in total. The van der Waals surface area contributed by atoms with Gasteiger partial charge in [-0.3, -0.25) is 14.5 Å². The molecule has 2 aliphatic heterocycles. The first kappa shape index (κ1) is 18.0. The molecule has 2 aromatic rings. The molecule has 1 aromatic carbocycles. The SMILES string of the molecule is O=C(CN1CCN(C(=O)CCc2cccs2)CC1)c1ccc2c(c1)OCO2. The zero-order chi connectivity index (χ0) is 18.6. The topological polar surface area (TPSA) is 59.1 Å². The first-order chi connectivity index (χ1) is 13.2. The van der Waals surface area contributed by atoms with Crippen LogP contribution in [-0.2, 0) is 11.2 Å². The molecule has 0 N–H and O–H groups in total. The maximum absolute atomic E-state index is 12.5. The molecule has 1 fully saturated rings. The Balaban J connectivity index is 1.24. The third-order valence-corrected chi connectivity index (χ3v) is 5.89. The number of ketones is 1. The third-order valence-electron chi connectivity index (χ3n) is 4.95. The molecule has 1 aromatic heterocycles. The Morgan fingerprint density at radius 3 is 2.63 bits per heavy atom. The molecule has 0 unspecified atom stereocenters. The maximum atomic E-state index is 12.5. The van der Waals surface area contributed by atoms with Crippen LogP contribution in [0.4, 0.5) is 0 Å². The number of nitrogens with zero attached hydrogens (tertiary/aromatic N) is 2. The Kier molecular flexibility index (Phi) is 5.40. The molecule has 0 bridgehead atoms. The zero-order valence-electron chi connectivity index (χ0n) is 15.1. The lowest BCUT2D eigenvalue weighted by Crippen LogP contribution is -2.49. The molecule has 0 aliphatic carbocycles. The van der Waals surface area contributed by atoms with Gasteiger partial charge in [0.05, 0.1) is 6.54 Å². The molecular weight excluding hydrogens is 364 g/mol. The van der Waals surface area contributed by atoms with Crippen molar-refractivity contribution in [3.8, 4) is 11.5 Å². The monoisotopic (exact) mass is 386 g/mol. The Morgan fingerprint density at radius 2 is 1.85 bits per heavy atom. The number of aryl methyl sites for hydroxylation is 1. The van der Waals surface area contributed by atoms with E-state index in [1.54, 1.807) is 29.5 Å². The highest BCUT2D eigenvalue weighted by atomic mass is 32.1. The summed E-state index contributed by atoms with van der Waals surface area (Å²) in [6.07, 6.45) is 1.36. The standard InChI is InChI=1S/C20H22N2O4S/c23-17(15-3-5-18-19(12-15)26-14-25-18)13-21-7-9-22(10-8-21)20(24)6-4-16-2-1-11-27-16/h1-3,5,11-12H,4,6-10,13-14H2. The number of benzene rings is 1. The summed E-state index contributed by atoms with van der Waals surface area (Å²) in [5.74, 6) is 1.57. The van der Waals surface area contributed by atoms with Crippen molar-refractivity contribution in [2.45, 2.75) is 12.8 Å².